The molecule has 6 nitrogen and oxygen atoms in total. The van der Waals surface area contributed by atoms with Crippen molar-refractivity contribution in [1.29, 1.82) is 5.26 Å². The maximum atomic E-state index is 12.6. The fraction of sp³-hybridized carbons (Fsp3) is 0.143. The lowest BCUT2D eigenvalue weighted by atomic mass is 10.2. The zero-order chi connectivity index (χ0) is 19.2. The van der Waals surface area contributed by atoms with Crippen molar-refractivity contribution in [3.63, 3.8) is 0 Å². The van der Waals surface area contributed by atoms with Crippen LogP contribution in [-0.2, 0) is 6.54 Å². The highest BCUT2D eigenvalue weighted by atomic mass is 16.1. The van der Waals surface area contributed by atoms with Crippen LogP contribution in [0.4, 0.5) is 11.6 Å². The lowest BCUT2D eigenvalue weighted by molar-refractivity contribution is 0.102. The molecule has 1 heterocycles. The minimum absolute atomic E-state index is 0.255. The predicted molar refractivity (Wildman–Crippen MR) is 104 cm³/mol. The number of carbonyl (C=O) groups excluding carboxylic acids is 1. The van der Waals surface area contributed by atoms with Crippen molar-refractivity contribution in [3.8, 4) is 6.07 Å². The van der Waals surface area contributed by atoms with Gasteiger partial charge in [-0.1, -0.05) is 42.5 Å². The molecule has 1 aromatic heterocycles. The third-order valence-electron chi connectivity index (χ3n) is 3.97. The van der Waals surface area contributed by atoms with Crippen molar-refractivity contribution in [2.24, 2.45) is 0 Å². The summed E-state index contributed by atoms with van der Waals surface area (Å²) in [7, 11) is 1.88. The summed E-state index contributed by atoms with van der Waals surface area (Å²) in [5.74, 6) is 0.0927. The highest BCUT2D eigenvalue weighted by Gasteiger charge is 2.14. The Balaban J connectivity index is 1.82. The predicted octanol–water partition coefficient (Wildman–Crippen LogP) is 3.55. The van der Waals surface area contributed by atoms with E-state index in [9.17, 15) is 4.79 Å². The molecule has 0 bridgehead atoms. The quantitative estimate of drug-likeness (QED) is 0.755. The first-order valence-electron chi connectivity index (χ1n) is 8.48. The molecule has 0 fully saturated rings. The molecule has 0 aliphatic heterocycles. The topological polar surface area (TPSA) is 81.9 Å². The Bertz CT molecular complexity index is 995. The van der Waals surface area contributed by atoms with E-state index >= 15 is 0 Å². The van der Waals surface area contributed by atoms with Crippen LogP contribution < -0.4 is 10.2 Å². The van der Waals surface area contributed by atoms with Crippen LogP contribution in [0.3, 0.4) is 0 Å². The molecule has 2 aromatic carbocycles. The molecule has 0 saturated carbocycles. The van der Waals surface area contributed by atoms with E-state index in [1.165, 1.54) is 0 Å². The Kier molecular flexibility index (Phi) is 5.43. The second kappa shape index (κ2) is 8.11. The first kappa shape index (κ1) is 18.1. The van der Waals surface area contributed by atoms with Gasteiger partial charge in [0.25, 0.3) is 5.91 Å². The van der Waals surface area contributed by atoms with E-state index in [0.29, 0.717) is 29.4 Å². The molecule has 1 amide bonds. The maximum absolute atomic E-state index is 12.6. The second-order valence-electron chi connectivity index (χ2n) is 6.15. The fourth-order valence-corrected chi connectivity index (χ4v) is 2.64. The molecular weight excluding hydrogens is 338 g/mol. The lowest BCUT2D eigenvalue weighted by Gasteiger charge is -2.18. The molecule has 0 aliphatic carbocycles. The molecule has 0 aliphatic rings. The molecular formula is C21H19N5O. The van der Waals surface area contributed by atoms with Crippen molar-refractivity contribution in [1.82, 2.24) is 9.97 Å². The number of carbonyl (C=O) groups is 1. The Labute approximate surface area is 158 Å². The summed E-state index contributed by atoms with van der Waals surface area (Å²) in [5.41, 5.74) is 2.93. The van der Waals surface area contributed by atoms with Gasteiger partial charge in [-0.2, -0.15) is 5.26 Å². The van der Waals surface area contributed by atoms with Gasteiger partial charge in [0, 0.05) is 19.3 Å². The normalized spacial score (nSPS) is 10.1. The van der Waals surface area contributed by atoms with Gasteiger partial charge < -0.3 is 10.2 Å². The van der Waals surface area contributed by atoms with Crippen LogP contribution in [0.1, 0.15) is 27.3 Å². The molecule has 1 N–H and O–H groups in total. The van der Waals surface area contributed by atoms with Crippen LogP contribution in [0.5, 0.6) is 0 Å². The minimum atomic E-state index is -0.377. The molecule has 3 aromatic rings. The largest absolute Gasteiger partial charge is 0.340 e. The van der Waals surface area contributed by atoms with Gasteiger partial charge in [0.2, 0.25) is 5.95 Å². The van der Waals surface area contributed by atoms with E-state index in [4.69, 9.17) is 5.26 Å². The molecule has 0 saturated heterocycles. The Hall–Kier alpha value is -3.72. The van der Waals surface area contributed by atoms with Crippen molar-refractivity contribution in [2.45, 2.75) is 13.5 Å². The van der Waals surface area contributed by atoms with Gasteiger partial charge in [0.1, 0.15) is 11.8 Å². The fourth-order valence-electron chi connectivity index (χ4n) is 2.64. The molecule has 0 unspecified atom stereocenters. The van der Waals surface area contributed by atoms with Gasteiger partial charge in [0.05, 0.1) is 11.3 Å². The van der Waals surface area contributed by atoms with Gasteiger partial charge in [0.15, 0.2) is 0 Å². The number of aryl methyl sites for hydroxylation is 1. The highest BCUT2D eigenvalue weighted by molar-refractivity contribution is 6.03. The number of benzene rings is 2. The van der Waals surface area contributed by atoms with Crippen LogP contribution in [0, 0.1) is 18.3 Å². The van der Waals surface area contributed by atoms with Crippen LogP contribution in [0.2, 0.25) is 0 Å². The summed E-state index contributed by atoms with van der Waals surface area (Å²) in [6, 6.07) is 20.5. The molecule has 6 heteroatoms. The van der Waals surface area contributed by atoms with E-state index in [0.717, 1.165) is 5.56 Å². The second-order valence-corrected chi connectivity index (χ2v) is 6.15. The van der Waals surface area contributed by atoms with Gasteiger partial charge in [-0.15, -0.1) is 0 Å². The monoisotopic (exact) mass is 357 g/mol. The molecule has 3 rings (SSSR count). The van der Waals surface area contributed by atoms with E-state index in [1.807, 2.05) is 49.2 Å². The maximum Gasteiger partial charge on any atom is 0.274 e. The molecule has 134 valence electrons. The average molecular weight is 357 g/mol. The van der Waals surface area contributed by atoms with Crippen molar-refractivity contribution < 1.29 is 4.79 Å². The molecule has 0 atom stereocenters. The number of nitrogens with zero attached hydrogens (tertiary/aromatic N) is 4. The highest BCUT2D eigenvalue weighted by Crippen LogP contribution is 2.17. The number of aromatic nitrogens is 2. The molecule has 0 radical (unpaired) electrons. The summed E-state index contributed by atoms with van der Waals surface area (Å²) < 4.78 is 0. The summed E-state index contributed by atoms with van der Waals surface area (Å²) in [6.45, 7) is 2.45. The van der Waals surface area contributed by atoms with Crippen LogP contribution >= 0.6 is 0 Å². The number of nitriles is 1. The first-order chi connectivity index (χ1) is 13.1. The zero-order valence-corrected chi connectivity index (χ0v) is 15.2. The van der Waals surface area contributed by atoms with Crippen molar-refractivity contribution >= 4 is 17.5 Å². The summed E-state index contributed by atoms with van der Waals surface area (Å²) in [4.78, 5) is 23.4. The zero-order valence-electron chi connectivity index (χ0n) is 15.2. The van der Waals surface area contributed by atoms with Crippen LogP contribution in [0.15, 0.2) is 60.7 Å². The number of nitrogens with one attached hydrogen (secondary N) is 1. The lowest BCUT2D eigenvalue weighted by Crippen LogP contribution is -2.22. The Morgan fingerprint density at radius 3 is 2.56 bits per heavy atom. The summed E-state index contributed by atoms with van der Waals surface area (Å²) >= 11 is 0. The van der Waals surface area contributed by atoms with Crippen LogP contribution in [-0.4, -0.2) is 22.9 Å². The first-order valence-corrected chi connectivity index (χ1v) is 8.48. The molecule has 27 heavy (non-hydrogen) atoms. The van der Waals surface area contributed by atoms with Crippen molar-refractivity contribution in [3.05, 3.63) is 83.2 Å². The van der Waals surface area contributed by atoms with Crippen molar-refractivity contribution in [2.75, 3.05) is 17.3 Å². The standard InChI is InChI=1S/C21H19N5O/c1-15-12-19(20(27)24-18-11-7-6-10-17(18)13-22)25-21(23-15)26(2)14-16-8-4-3-5-9-16/h3-12H,14H2,1-2H3,(H,24,27). The Morgan fingerprint density at radius 1 is 1.11 bits per heavy atom. The number of para-hydroxylation sites is 1. The SMILES string of the molecule is Cc1cc(C(=O)Nc2ccccc2C#N)nc(N(C)Cc2ccccc2)n1. The van der Waals surface area contributed by atoms with Crippen LogP contribution in [0.25, 0.3) is 0 Å². The molecule has 0 spiro atoms. The van der Waals surface area contributed by atoms with E-state index in [1.54, 1.807) is 30.3 Å². The summed E-state index contributed by atoms with van der Waals surface area (Å²) in [6.07, 6.45) is 0. The van der Waals surface area contributed by atoms with E-state index in [2.05, 4.69) is 21.4 Å². The minimum Gasteiger partial charge on any atom is -0.340 e. The third-order valence-corrected chi connectivity index (χ3v) is 3.97. The average Bonchev–Trinajstić information content (AvgIpc) is 2.68. The number of anilines is 2. The third kappa shape index (κ3) is 4.47. The van der Waals surface area contributed by atoms with E-state index in [-0.39, 0.29) is 11.6 Å². The number of amides is 1. The van der Waals surface area contributed by atoms with E-state index < -0.39 is 0 Å². The number of rotatable bonds is 5. The van der Waals surface area contributed by atoms with Gasteiger partial charge in [-0.25, -0.2) is 9.97 Å². The summed E-state index contributed by atoms with van der Waals surface area (Å²) in [5, 5.41) is 11.9. The number of hydrogen-bond acceptors (Lipinski definition) is 5. The smallest absolute Gasteiger partial charge is 0.274 e. The Morgan fingerprint density at radius 2 is 1.81 bits per heavy atom. The van der Waals surface area contributed by atoms with Gasteiger partial charge in [-0.3, -0.25) is 4.79 Å². The number of hydrogen-bond donors (Lipinski definition) is 1. The van der Waals surface area contributed by atoms with Gasteiger partial charge >= 0.3 is 0 Å². The van der Waals surface area contributed by atoms with Gasteiger partial charge in [-0.05, 0) is 30.7 Å².